The van der Waals surface area contributed by atoms with Crippen LogP contribution in [0.2, 0.25) is 0 Å². The Bertz CT molecular complexity index is 1000. The third-order valence-electron chi connectivity index (χ3n) is 7.14. The second kappa shape index (κ2) is 10.7. The quantitative estimate of drug-likeness (QED) is 0.548. The third kappa shape index (κ3) is 5.08. The molecule has 0 bridgehead atoms. The van der Waals surface area contributed by atoms with Crippen molar-refractivity contribution >= 4 is 18.0 Å². The molecule has 0 radical (unpaired) electrons. The number of carbonyl (C=O) groups excluding carboxylic acids is 2. The van der Waals surface area contributed by atoms with E-state index in [1.54, 1.807) is 4.90 Å². The summed E-state index contributed by atoms with van der Waals surface area (Å²) >= 11 is 0. The van der Waals surface area contributed by atoms with Crippen LogP contribution in [0.25, 0.3) is 11.1 Å². The van der Waals surface area contributed by atoms with Crippen molar-refractivity contribution < 1.29 is 24.2 Å². The van der Waals surface area contributed by atoms with E-state index in [4.69, 9.17) is 9.84 Å². The summed E-state index contributed by atoms with van der Waals surface area (Å²) in [6.45, 7) is 2.89. The molecule has 7 nitrogen and oxygen atoms in total. The van der Waals surface area contributed by atoms with Crippen molar-refractivity contribution in [2.24, 2.45) is 11.8 Å². The molecule has 2 aliphatic rings. The summed E-state index contributed by atoms with van der Waals surface area (Å²) in [4.78, 5) is 38.2. The first-order chi connectivity index (χ1) is 16.5. The molecule has 180 valence electrons. The Labute approximate surface area is 200 Å². The van der Waals surface area contributed by atoms with Crippen LogP contribution in [0.15, 0.2) is 48.5 Å². The van der Waals surface area contributed by atoms with Crippen LogP contribution < -0.4 is 5.32 Å². The Hall–Kier alpha value is -3.35. The summed E-state index contributed by atoms with van der Waals surface area (Å²) in [5.41, 5.74) is 4.64. The van der Waals surface area contributed by atoms with Crippen molar-refractivity contribution in [1.29, 1.82) is 0 Å². The van der Waals surface area contributed by atoms with Crippen molar-refractivity contribution in [3.63, 3.8) is 0 Å². The number of hydrogen-bond donors (Lipinski definition) is 2. The highest BCUT2D eigenvalue weighted by Gasteiger charge is 2.35. The van der Waals surface area contributed by atoms with Gasteiger partial charge in [0.1, 0.15) is 6.61 Å². The van der Waals surface area contributed by atoms with Gasteiger partial charge in [0.2, 0.25) is 5.91 Å². The van der Waals surface area contributed by atoms with E-state index in [0.29, 0.717) is 6.54 Å². The van der Waals surface area contributed by atoms with Crippen LogP contribution >= 0.6 is 0 Å². The summed E-state index contributed by atoms with van der Waals surface area (Å²) in [7, 11) is 0. The zero-order chi connectivity index (χ0) is 24.1. The van der Waals surface area contributed by atoms with Gasteiger partial charge in [-0.15, -0.1) is 0 Å². The number of aliphatic carboxylic acids is 1. The molecule has 0 heterocycles. The van der Waals surface area contributed by atoms with Gasteiger partial charge in [-0.05, 0) is 47.9 Å². The zero-order valence-electron chi connectivity index (χ0n) is 19.5. The number of alkyl carbamates (subject to hydrolysis) is 1. The molecule has 2 aromatic rings. The second-order valence-electron chi connectivity index (χ2n) is 9.07. The molecule has 2 aromatic carbocycles. The first kappa shape index (κ1) is 23.8. The Balaban J connectivity index is 1.36. The van der Waals surface area contributed by atoms with Crippen molar-refractivity contribution in [2.45, 2.75) is 38.5 Å². The van der Waals surface area contributed by atoms with E-state index >= 15 is 0 Å². The number of rotatable bonds is 10. The van der Waals surface area contributed by atoms with E-state index in [9.17, 15) is 14.4 Å². The molecule has 0 saturated heterocycles. The SMILES string of the molecule is CCN(CCC(=O)O)C(=O)C(CNC(=O)OCC1c2ccccc2-c2ccccc21)C1CCC1. The number of ether oxygens (including phenoxy) is 1. The molecule has 0 aliphatic heterocycles. The van der Waals surface area contributed by atoms with Crippen molar-refractivity contribution in [1.82, 2.24) is 10.2 Å². The highest BCUT2D eigenvalue weighted by atomic mass is 16.5. The Morgan fingerprint density at radius 1 is 1.06 bits per heavy atom. The number of carboxylic acids is 1. The van der Waals surface area contributed by atoms with Gasteiger partial charge in [-0.25, -0.2) is 4.79 Å². The lowest BCUT2D eigenvalue weighted by atomic mass is 9.75. The van der Waals surface area contributed by atoms with E-state index in [0.717, 1.165) is 30.4 Å². The molecule has 2 amide bonds. The van der Waals surface area contributed by atoms with Crippen molar-refractivity contribution in [3.05, 3.63) is 59.7 Å². The van der Waals surface area contributed by atoms with Crippen LogP contribution in [-0.2, 0) is 14.3 Å². The van der Waals surface area contributed by atoms with Crippen LogP contribution in [0, 0.1) is 11.8 Å². The van der Waals surface area contributed by atoms with Gasteiger partial charge in [-0.1, -0.05) is 55.0 Å². The van der Waals surface area contributed by atoms with E-state index in [2.05, 4.69) is 29.6 Å². The predicted octanol–water partition coefficient (Wildman–Crippen LogP) is 4.26. The second-order valence-corrected chi connectivity index (χ2v) is 9.07. The molecule has 1 atom stereocenters. The number of carboxylic acid groups (broad SMARTS) is 1. The highest BCUT2D eigenvalue weighted by Crippen LogP contribution is 2.44. The fraction of sp³-hybridized carbons (Fsp3) is 0.444. The lowest BCUT2D eigenvalue weighted by molar-refractivity contribution is -0.141. The van der Waals surface area contributed by atoms with Crippen LogP contribution in [0.1, 0.15) is 49.7 Å². The maximum Gasteiger partial charge on any atom is 0.407 e. The normalized spacial score (nSPS) is 15.6. The Morgan fingerprint density at radius 3 is 2.21 bits per heavy atom. The number of benzene rings is 2. The number of amides is 2. The van der Waals surface area contributed by atoms with Gasteiger partial charge < -0.3 is 20.1 Å². The average Bonchev–Trinajstić information content (AvgIpc) is 3.13. The van der Waals surface area contributed by atoms with Gasteiger partial charge in [-0.3, -0.25) is 9.59 Å². The molecule has 34 heavy (non-hydrogen) atoms. The summed E-state index contributed by atoms with van der Waals surface area (Å²) in [6, 6.07) is 16.3. The number of nitrogens with one attached hydrogen (secondary N) is 1. The predicted molar refractivity (Wildman–Crippen MR) is 128 cm³/mol. The smallest absolute Gasteiger partial charge is 0.407 e. The Morgan fingerprint density at radius 2 is 1.68 bits per heavy atom. The molecular weight excluding hydrogens is 432 g/mol. The molecule has 0 spiro atoms. The van der Waals surface area contributed by atoms with Crippen LogP contribution in [0.5, 0.6) is 0 Å². The number of fused-ring (bicyclic) bond motifs is 3. The van der Waals surface area contributed by atoms with Gasteiger partial charge >= 0.3 is 12.1 Å². The largest absolute Gasteiger partial charge is 0.481 e. The zero-order valence-corrected chi connectivity index (χ0v) is 19.5. The minimum atomic E-state index is -0.928. The van der Waals surface area contributed by atoms with E-state index in [-0.39, 0.29) is 49.8 Å². The summed E-state index contributed by atoms with van der Waals surface area (Å²) in [5.74, 6) is -1.19. The standard InChI is InChI=1S/C27H32N2O5/c1-2-29(15-14-25(30)31)26(32)23(18-8-7-9-18)16-28-27(33)34-17-24-21-12-5-3-10-19(21)20-11-4-6-13-22(20)24/h3-6,10-13,18,23-24H,2,7-9,14-17H2,1H3,(H,28,33)(H,30,31). The van der Waals surface area contributed by atoms with Crippen LogP contribution in [-0.4, -0.2) is 54.2 Å². The molecule has 4 rings (SSSR count). The van der Waals surface area contributed by atoms with Gasteiger partial charge in [0.05, 0.1) is 12.3 Å². The highest BCUT2D eigenvalue weighted by molar-refractivity contribution is 5.81. The van der Waals surface area contributed by atoms with E-state index in [1.165, 1.54) is 11.1 Å². The van der Waals surface area contributed by atoms with E-state index in [1.807, 2.05) is 31.2 Å². The fourth-order valence-corrected chi connectivity index (χ4v) is 5.03. The fourth-order valence-electron chi connectivity index (χ4n) is 5.03. The Kier molecular flexibility index (Phi) is 7.50. The third-order valence-corrected chi connectivity index (χ3v) is 7.14. The topological polar surface area (TPSA) is 95.9 Å². The summed E-state index contributed by atoms with van der Waals surface area (Å²) in [5, 5.41) is 11.8. The summed E-state index contributed by atoms with van der Waals surface area (Å²) in [6.07, 6.45) is 2.34. The van der Waals surface area contributed by atoms with Gasteiger partial charge in [-0.2, -0.15) is 0 Å². The molecule has 2 aliphatic carbocycles. The molecule has 0 aromatic heterocycles. The molecule has 1 saturated carbocycles. The molecule has 2 N–H and O–H groups in total. The lowest BCUT2D eigenvalue weighted by Gasteiger charge is -2.36. The van der Waals surface area contributed by atoms with Crippen molar-refractivity contribution in [3.8, 4) is 11.1 Å². The molecule has 1 fully saturated rings. The first-order valence-corrected chi connectivity index (χ1v) is 12.1. The summed E-state index contributed by atoms with van der Waals surface area (Å²) < 4.78 is 5.61. The number of nitrogens with zero attached hydrogens (tertiary/aromatic N) is 1. The maximum atomic E-state index is 13.1. The number of hydrogen-bond acceptors (Lipinski definition) is 4. The van der Waals surface area contributed by atoms with Crippen molar-refractivity contribution in [2.75, 3.05) is 26.2 Å². The molecule has 7 heteroatoms. The van der Waals surface area contributed by atoms with Gasteiger partial charge in [0.15, 0.2) is 0 Å². The minimum absolute atomic E-state index is 0.0196. The van der Waals surface area contributed by atoms with E-state index < -0.39 is 12.1 Å². The molecule has 1 unspecified atom stereocenters. The number of carbonyl (C=O) groups is 3. The van der Waals surface area contributed by atoms with Crippen LogP contribution in [0.3, 0.4) is 0 Å². The monoisotopic (exact) mass is 464 g/mol. The lowest BCUT2D eigenvalue weighted by Crippen LogP contribution is -2.46. The molecular formula is C27H32N2O5. The first-order valence-electron chi connectivity index (χ1n) is 12.1. The minimum Gasteiger partial charge on any atom is -0.481 e. The van der Waals surface area contributed by atoms with Crippen LogP contribution in [0.4, 0.5) is 4.79 Å². The average molecular weight is 465 g/mol. The van der Waals surface area contributed by atoms with Gasteiger partial charge in [0.25, 0.3) is 0 Å². The maximum absolute atomic E-state index is 13.1. The van der Waals surface area contributed by atoms with Gasteiger partial charge in [0, 0.05) is 25.6 Å².